The number of nitrogens with zero attached hydrogens (tertiary/aromatic N) is 2. The zero-order valence-corrected chi connectivity index (χ0v) is 21.7. The molecule has 0 N–H and O–H groups in total. The number of alkyl halides is 6. The normalized spacial score (nSPS) is 15.9. The third-order valence-electron chi connectivity index (χ3n) is 7.16. The lowest BCUT2D eigenvalue weighted by atomic mass is 9.85. The van der Waals surface area contributed by atoms with Crippen LogP contribution in [0.2, 0.25) is 0 Å². The molecule has 6 nitrogen and oxygen atoms in total. The molecule has 0 bridgehead atoms. The van der Waals surface area contributed by atoms with Gasteiger partial charge in [0, 0.05) is 23.9 Å². The van der Waals surface area contributed by atoms with Crippen molar-refractivity contribution < 1.29 is 49.1 Å². The number of aromatic nitrogens is 1. The van der Waals surface area contributed by atoms with E-state index in [2.05, 4.69) is 4.84 Å². The Morgan fingerprint density at radius 3 is 2.18 bits per heavy atom. The number of hydrogen-bond acceptors (Lipinski definition) is 5. The van der Waals surface area contributed by atoms with Gasteiger partial charge in [0.25, 0.3) is 5.52 Å². The van der Waals surface area contributed by atoms with Crippen LogP contribution in [0.3, 0.4) is 0 Å². The van der Waals surface area contributed by atoms with Gasteiger partial charge in [0.1, 0.15) is 5.69 Å². The van der Waals surface area contributed by atoms with Crippen molar-refractivity contribution >= 4 is 32.4 Å². The fourth-order valence-electron chi connectivity index (χ4n) is 4.87. The fraction of sp³-hybridized carbons (Fsp3) is 0.385. The highest BCUT2D eigenvalue weighted by atomic mass is 32.2. The third-order valence-corrected chi connectivity index (χ3v) is 9.75. The molecule has 0 saturated carbocycles. The second-order valence-corrected chi connectivity index (χ2v) is 12.3. The van der Waals surface area contributed by atoms with Gasteiger partial charge in [0.05, 0.1) is 20.6 Å². The molecule has 2 aromatic carbocycles. The van der Waals surface area contributed by atoms with Crippen molar-refractivity contribution in [2.24, 2.45) is 5.92 Å². The van der Waals surface area contributed by atoms with Crippen LogP contribution < -0.4 is 14.5 Å². The second-order valence-electron chi connectivity index (χ2n) is 9.82. The SMILES string of the molecule is CC(C)(C1CCN(c2cccc3ccc[n+](OC(=O)C(F)(F)F)c23)CC1)S(=O)(=O)c1cccc(C(F)(F)F)c1. The maximum absolute atomic E-state index is 13.5. The van der Waals surface area contributed by atoms with Crippen LogP contribution in [0.1, 0.15) is 32.3 Å². The zero-order chi connectivity index (χ0) is 28.8. The number of sulfone groups is 1. The average Bonchev–Trinajstić information content (AvgIpc) is 2.87. The first-order valence-electron chi connectivity index (χ1n) is 11.9. The molecule has 1 aliphatic rings. The number of carbonyl (C=O) groups is 1. The topological polar surface area (TPSA) is 67.6 Å². The summed E-state index contributed by atoms with van der Waals surface area (Å²) in [5.41, 5.74) is -0.336. The quantitative estimate of drug-likeness (QED) is 0.312. The van der Waals surface area contributed by atoms with Gasteiger partial charge < -0.3 is 4.90 Å². The number of benzene rings is 2. The molecule has 0 atom stereocenters. The number of pyridine rings is 1. The van der Waals surface area contributed by atoms with Gasteiger partial charge in [0.15, 0.2) is 9.84 Å². The maximum Gasteiger partial charge on any atom is 0.498 e. The highest BCUT2D eigenvalue weighted by molar-refractivity contribution is 7.92. The Bertz CT molecular complexity index is 1490. The van der Waals surface area contributed by atoms with E-state index in [1.54, 1.807) is 24.3 Å². The minimum atomic E-state index is -5.20. The van der Waals surface area contributed by atoms with E-state index in [1.165, 1.54) is 26.1 Å². The monoisotopic (exact) mass is 575 g/mol. The maximum atomic E-state index is 13.5. The molecule has 13 heteroatoms. The van der Waals surface area contributed by atoms with Crippen molar-refractivity contribution in [3.63, 3.8) is 0 Å². The van der Waals surface area contributed by atoms with Crippen molar-refractivity contribution in [3.8, 4) is 0 Å². The molecule has 39 heavy (non-hydrogen) atoms. The highest BCUT2D eigenvalue weighted by Gasteiger charge is 2.46. The van der Waals surface area contributed by atoms with Gasteiger partial charge in [-0.3, -0.25) is 0 Å². The van der Waals surface area contributed by atoms with Gasteiger partial charge in [-0.25, -0.2) is 13.2 Å². The number of fused-ring (bicyclic) bond motifs is 1. The van der Waals surface area contributed by atoms with E-state index in [0.717, 1.165) is 22.9 Å². The molecule has 0 spiro atoms. The number of para-hydroxylation sites is 1. The van der Waals surface area contributed by atoms with E-state index in [4.69, 9.17) is 0 Å². The molecule has 0 unspecified atom stereocenters. The molecule has 210 valence electrons. The van der Waals surface area contributed by atoms with Crippen LogP contribution in [0, 0.1) is 5.92 Å². The lowest BCUT2D eigenvalue weighted by Crippen LogP contribution is -2.51. The molecule has 4 rings (SSSR count). The minimum Gasteiger partial charge on any atom is -0.366 e. The number of halogens is 6. The summed E-state index contributed by atoms with van der Waals surface area (Å²) in [7, 11) is -4.16. The van der Waals surface area contributed by atoms with Crippen molar-refractivity contribution in [3.05, 3.63) is 66.4 Å². The molecule has 0 aliphatic carbocycles. The van der Waals surface area contributed by atoms with E-state index in [1.807, 2.05) is 4.90 Å². The Balaban J connectivity index is 1.59. The summed E-state index contributed by atoms with van der Waals surface area (Å²) in [4.78, 5) is 17.5. The number of hydrogen-bond donors (Lipinski definition) is 0. The zero-order valence-electron chi connectivity index (χ0n) is 20.9. The summed E-state index contributed by atoms with van der Waals surface area (Å²) in [6, 6.07) is 11.8. The van der Waals surface area contributed by atoms with E-state index in [-0.39, 0.29) is 5.52 Å². The Morgan fingerprint density at radius 1 is 0.949 bits per heavy atom. The number of rotatable bonds is 5. The van der Waals surface area contributed by atoms with Gasteiger partial charge >= 0.3 is 18.3 Å². The van der Waals surface area contributed by atoms with Crippen LogP contribution in [-0.4, -0.2) is 38.4 Å². The third kappa shape index (κ3) is 5.54. The Labute approximate surface area is 220 Å². The van der Waals surface area contributed by atoms with E-state index >= 15 is 0 Å². The van der Waals surface area contributed by atoms with Gasteiger partial charge in [-0.05, 0) is 69.0 Å². The van der Waals surface area contributed by atoms with Crippen LogP contribution >= 0.6 is 0 Å². The summed E-state index contributed by atoms with van der Waals surface area (Å²) in [6.07, 6.45) is -8.01. The van der Waals surface area contributed by atoms with E-state index < -0.39 is 49.3 Å². The van der Waals surface area contributed by atoms with Gasteiger partial charge in [-0.2, -0.15) is 31.2 Å². The van der Waals surface area contributed by atoms with Crippen LogP contribution in [0.5, 0.6) is 0 Å². The minimum absolute atomic E-state index is 0.229. The first-order valence-corrected chi connectivity index (χ1v) is 13.4. The summed E-state index contributed by atoms with van der Waals surface area (Å²) in [5.74, 6) is -2.80. The number of anilines is 1. The van der Waals surface area contributed by atoms with Crippen LogP contribution in [0.15, 0.2) is 65.7 Å². The van der Waals surface area contributed by atoms with Crippen LogP contribution in [0.4, 0.5) is 32.0 Å². The predicted molar refractivity (Wildman–Crippen MR) is 129 cm³/mol. The lowest BCUT2D eigenvalue weighted by Gasteiger charge is -2.40. The molecule has 0 amide bonds. The Morgan fingerprint density at radius 2 is 1.56 bits per heavy atom. The molecular formula is C26H25F6N2O4S+. The summed E-state index contributed by atoms with van der Waals surface area (Å²) >= 11 is 0. The Hall–Kier alpha value is -3.35. The molecule has 1 fully saturated rings. The standard InChI is InChI=1S/C26H25F6N2O4S/c1-24(2,39(36,37)20-9-4-8-19(16-20)25(27,28)29)18-11-14-33(15-12-18)21-10-3-6-17-7-5-13-34(22(17)21)38-23(35)26(30,31)32/h3-10,13,16,18H,11-12,14-15H2,1-2H3/q+1. The molecule has 3 aromatic rings. The predicted octanol–water partition coefficient (Wildman–Crippen LogP) is 5.13. The van der Waals surface area contributed by atoms with Gasteiger partial charge in [-0.1, -0.05) is 12.1 Å². The van der Waals surface area contributed by atoms with Gasteiger partial charge in [-0.15, -0.1) is 0 Å². The second kappa shape index (κ2) is 10.00. The number of carbonyl (C=O) groups excluding carboxylic acids is 1. The van der Waals surface area contributed by atoms with Crippen LogP contribution in [0.25, 0.3) is 10.9 Å². The summed E-state index contributed by atoms with van der Waals surface area (Å²) < 4.78 is 104. The van der Waals surface area contributed by atoms with Gasteiger partial charge in [0.2, 0.25) is 6.20 Å². The smallest absolute Gasteiger partial charge is 0.366 e. The first kappa shape index (κ1) is 28.7. The van der Waals surface area contributed by atoms with Crippen molar-refractivity contribution in [2.75, 3.05) is 18.0 Å². The average molecular weight is 576 g/mol. The fourth-order valence-corrected chi connectivity index (χ4v) is 6.70. The van der Waals surface area contributed by atoms with Crippen molar-refractivity contribution in [1.82, 2.24) is 0 Å². The van der Waals surface area contributed by atoms with E-state index in [9.17, 15) is 39.6 Å². The molecular weight excluding hydrogens is 550 g/mol. The molecule has 1 saturated heterocycles. The van der Waals surface area contributed by atoms with E-state index in [0.29, 0.717) is 43.1 Å². The van der Waals surface area contributed by atoms with Crippen molar-refractivity contribution in [2.45, 2.75) is 48.7 Å². The lowest BCUT2D eigenvalue weighted by molar-refractivity contribution is -0.850. The number of piperidine rings is 1. The molecule has 0 radical (unpaired) electrons. The molecule has 2 heterocycles. The molecule has 1 aromatic heterocycles. The Kier molecular flexibility index (Phi) is 7.34. The highest BCUT2D eigenvalue weighted by Crippen LogP contribution is 2.40. The largest absolute Gasteiger partial charge is 0.498 e. The van der Waals surface area contributed by atoms with Crippen molar-refractivity contribution in [1.29, 1.82) is 0 Å². The first-order chi connectivity index (χ1) is 18.0. The molecule has 1 aliphatic heterocycles. The summed E-state index contributed by atoms with van der Waals surface area (Å²) in [5, 5.41) is 0.513. The summed E-state index contributed by atoms with van der Waals surface area (Å²) in [6.45, 7) is 3.61. The van der Waals surface area contributed by atoms with Crippen LogP contribution in [-0.2, 0) is 20.8 Å².